The number of anilines is 1. The number of carbonyl (C=O) groups is 1. The summed E-state index contributed by atoms with van der Waals surface area (Å²) < 4.78 is 10.5. The Morgan fingerprint density at radius 3 is 2.94 bits per heavy atom. The van der Waals surface area contributed by atoms with E-state index in [9.17, 15) is 9.90 Å². The van der Waals surface area contributed by atoms with Gasteiger partial charge in [-0.15, -0.1) is 0 Å². The Balaban J connectivity index is 2.08. The van der Waals surface area contributed by atoms with Crippen molar-refractivity contribution in [2.24, 2.45) is 0 Å². The number of phenols is 1. The number of hydrogen-bond donors (Lipinski definition) is 1. The van der Waals surface area contributed by atoms with Crippen molar-refractivity contribution in [3.05, 3.63) is 24.3 Å². The second-order valence-electron chi connectivity index (χ2n) is 3.85. The Morgan fingerprint density at radius 2 is 2.29 bits per heavy atom. The molecule has 1 atom stereocenters. The van der Waals surface area contributed by atoms with Crippen molar-refractivity contribution in [2.45, 2.75) is 6.10 Å². The normalized spacial score (nSPS) is 19.9. The molecule has 1 aromatic carbocycles. The van der Waals surface area contributed by atoms with Crippen LogP contribution in [0.5, 0.6) is 5.75 Å². The second kappa shape index (κ2) is 5.16. The largest absolute Gasteiger partial charge is 0.508 e. The van der Waals surface area contributed by atoms with E-state index in [1.54, 1.807) is 25.2 Å². The second-order valence-corrected chi connectivity index (χ2v) is 3.85. The average molecular weight is 237 g/mol. The van der Waals surface area contributed by atoms with Crippen molar-refractivity contribution in [2.75, 3.05) is 31.8 Å². The van der Waals surface area contributed by atoms with E-state index in [1.165, 1.54) is 11.0 Å². The van der Waals surface area contributed by atoms with E-state index in [2.05, 4.69) is 0 Å². The quantitative estimate of drug-likeness (QED) is 0.825. The van der Waals surface area contributed by atoms with Gasteiger partial charge in [0.2, 0.25) is 0 Å². The molecular weight excluding hydrogens is 222 g/mol. The number of carbonyl (C=O) groups excluding carboxylic acids is 1. The zero-order valence-corrected chi connectivity index (χ0v) is 9.63. The van der Waals surface area contributed by atoms with Crippen molar-refractivity contribution in [1.29, 1.82) is 0 Å². The van der Waals surface area contributed by atoms with Gasteiger partial charge < -0.3 is 19.5 Å². The first kappa shape index (κ1) is 11.9. The molecule has 0 saturated carbocycles. The number of amides is 1. The summed E-state index contributed by atoms with van der Waals surface area (Å²) in [5.41, 5.74) is 0.629. The predicted octanol–water partition coefficient (Wildman–Crippen LogP) is 0.770. The minimum Gasteiger partial charge on any atom is -0.508 e. The third-order valence-electron chi connectivity index (χ3n) is 2.64. The molecule has 1 aromatic rings. The number of aromatic hydroxyl groups is 1. The Labute approximate surface area is 99.6 Å². The van der Waals surface area contributed by atoms with E-state index in [0.717, 1.165) is 0 Å². The molecule has 5 nitrogen and oxygen atoms in total. The van der Waals surface area contributed by atoms with Gasteiger partial charge in [0.15, 0.2) is 6.10 Å². The number of hydrogen-bond acceptors (Lipinski definition) is 4. The number of phenolic OH excluding ortho intramolecular Hbond substituents is 1. The fourth-order valence-corrected chi connectivity index (χ4v) is 1.68. The van der Waals surface area contributed by atoms with Gasteiger partial charge in [0.1, 0.15) is 5.75 Å². The smallest absolute Gasteiger partial charge is 0.258 e. The molecule has 0 bridgehead atoms. The van der Waals surface area contributed by atoms with Crippen LogP contribution in [0.2, 0.25) is 0 Å². The third kappa shape index (κ3) is 2.75. The van der Waals surface area contributed by atoms with Gasteiger partial charge in [-0.05, 0) is 12.1 Å². The molecule has 0 aromatic heterocycles. The molecule has 1 unspecified atom stereocenters. The van der Waals surface area contributed by atoms with Gasteiger partial charge >= 0.3 is 0 Å². The molecule has 1 saturated heterocycles. The Hall–Kier alpha value is -1.59. The van der Waals surface area contributed by atoms with Gasteiger partial charge in [0, 0.05) is 18.8 Å². The summed E-state index contributed by atoms with van der Waals surface area (Å²) in [4.78, 5) is 13.5. The highest BCUT2D eigenvalue weighted by Crippen LogP contribution is 2.20. The molecule has 17 heavy (non-hydrogen) atoms. The number of ether oxygens (including phenoxy) is 2. The first-order valence-corrected chi connectivity index (χ1v) is 5.44. The van der Waals surface area contributed by atoms with Crippen LogP contribution < -0.4 is 4.90 Å². The lowest BCUT2D eigenvalue weighted by molar-refractivity contribution is -0.144. The SMILES string of the molecule is CN(C(=O)C1COCCO1)c1cccc(O)c1. The maximum absolute atomic E-state index is 12.0. The topological polar surface area (TPSA) is 59.0 Å². The van der Waals surface area contributed by atoms with Crippen LogP contribution in [0.4, 0.5) is 5.69 Å². The fourth-order valence-electron chi connectivity index (χ4n) is 1.68. The van der Waals surface area contributed by atoms with Crippen LogP contribution in [0, 0.1) is 0 Å². The highest BCUT2D eigenvalue weighted by Gasteiger charge is 2.26. The lowest BCUT2D eigenvalue weighted by atomic mass is 10.2. The predicted molar refractivity (Wildman–Crippen MR) is 62.1 cm³/mol. The van der Waals surface area contributed by atoms with E-state index in [0.29, 0.717) is 18.9 Å². The summed E-state index contributed by atoms with van der Waals surface area (Å²) >= 11 is 0. The van der Waals surface area contributed by atoms with Gasteiger partial charge in [-0.1, -0.05) is 6.07 Å². The molecule has 92 valence electrons. The van der Waals surface area contributed by atoms with E-state index in [4.69, 9.17) is 9.47 Å². The maximum atomic E-state index is 12.0. The highest BCUT2D eigenvalue weighted by molar-refractivity contribution is 5.96. The number of benzene rings is 1. The number of nitrogens with zero attached hydrogens (tertiary/aromatic N) is 1. The van der Waals surface area contributed by atoms with E-state index in [1.807, 2.05) is 0 Å². The number of likely N-dealkylation sites (N-methyl/N-ethyl adjacent to an activating group) is 1. The summed E-state index contributed by atoms with van der Waals surface area (Å²) in [6.45, 7) is 1.24. The first-order valence-electron chi connectivity index (χ1n) is 5.44. The van der Waals surface area contributed by atoms with Crippen LogP contribution in [-0.2, 0) is 14.3 Å². The lowest BCUT2D eigenvalue weighted by Crippen LogP contribution is -2.43. The van der Waals surface area contributed by atoms with E-state index < -0.39 is 6.10 Å². The van der Waals surface area contributed by atoms with Crippen molar-refractivity contribution in [3.8, 4) is 5.75 Å². The molecule has 1 amide bonds. The zero-order valence-electron chi connectivity index (χ0n) is 9.63. The molecule has 1 aliphatic rings. The number of rotatable bonds is 2. The van der Waals surface area contributed by atoms with Crippen LogP contribution in [0.25, 0.3) is 0 Å². The first-order chi connectivity index (χ1) is 8.18. The summed E-state index contributed by atoms with van der Waals surface area (Å²) in [6.07, 6.45) is -0.559. The summed E-state index contributed by atoms with van der Waals surface area (Å²) in [5, 5.41) is 9.36. The van der Waals surface area contributed by atoms with Gasteiger partial charge in [-0.2, -0.15) is 0 Å². The van der Waals surface area contributed by atoms with Crippen molar-refractivity contribution in [3.63, 3.8) is 0 Å². The molecule has 1 heterocycles. The van der Waals surface area contributed by atoms with Crippen molar-refractivity contribution in [1.82, 2.24) is 0 Å². The van der Waals surface area contributed by atoms with Gasteiger partial charge in [-0.3, -0.25) is 4.79 Å². The molecule has 0 radical (unpaired) electrons. The van der Waals surface area contributed by atoms with Gasteiger partial charge in [0.25, 0.3) is 5.91 Å². The Kier molecular flexibility index (Phi) is 3.61. The summed E-state index contributed by atoms with van der Waals surface area (Å²) in [6, 6.07) is 6.53. The van der Waals surface area contributed by atoms with Gasteiger partial charge in [0.05, 0.1) is 19.8 Å². The van der Waals surface area contributed by atoms with E-state index in [-0.39, 0.29) is 18.3 Å². The van der Waals surface area contributed by atoms with E-state index >= 15 is 0 Å². The molecule has 2 rings (SSSR count). The maximum Gasteiger partial charge on any atom is 0.258 e. The molecule has 1 fully saturated rings. The van der Waals surface area contributed by atoms with Crippen LogP contribution in [0.1, 0.15) is 0 Å². The monoisotopic (exact) mass is 237 g/mol. The van der Waals surface area contributed by atoms with Crippen LogP contribution in [0.15, 0.2) is 24.3 Å². The Bertz CT molecular complexity index is 401. The average Bonchev–Trinajstić information content (AvgIpc) is 2.38. The van der Waals surface area contributed by atoms with Gasteiger partial charge in [-0.25, -0.2) is 0 Å². The highest BCUT2D eigenvalue weighted by atomic mass is 16.6. The lowest BCUT2D eigenvalue weighted by Gasteiger charge is -2.26. The third-order valence-corrected chi connectivity index (χ3v) is 2.64. The summed E-state index contributed by atoms with van der Waals surface area (Å²) in [7, 11) is 1.65. The molecule has 1 N–H and O–H groups in total. The molecule has 0 spiro atoms. The van der Waals surface area contributed by atoms with Crippen LogP contribution in [-0.4, -0.2) is 44.0 Å². The molecular formula is C12H15NO4. The minimum atomic E-state index is -0.559. The fraction of sp³-hybridized carbons (Fsp3) is 0.417. The molecule has 0 aliphatic carbocycles. The molecule has 5 heteroatoms. The van der Waals surface area contributed by atoms with Crippen molar-refractivity contribution >= 4 is 11.6 Å². The summed E-state index contributed by atoms with van der Waals surface area (Å²) in [5.74, 6) is -0.0433. The Morgan fingerprint density at radius 1 is 1.47 bits per heavy atom. The van der Waals surface area contributed by atoms with Crippen molar-refractivity contribution < 1.29 is 19.4 Å². The molecule has 1 aliphatic heterocycles. The standard InChI is InChI=1S/C12H15NO4/c1-13(9-3-2-4-10(14)7-9)12(15)11-8-16-5-6-17-11/h2-4,7,11,14H,5-6,8H2,1H3. The zero-order chi connectivity index (χ0) is 12.3. The minimum absolute atomic E-state index is 0.128. The van der Waals surface area contributed by atoms with Crippen LogP contribution >= 0.6 is 0 Å². The van der Waals surface area contributed by atoms with Crippen LogP contribution in [0.3, 0.4) is 0 Å².